The van der Waals surface area contributed by atoms with Gasteiger partial charge in [0.1, 0.15) is 0 Å². The first-order valence-corrected chi connectivity index (χ1v) is 11.8. The third-order valence-electron chi connectivity index (χ3n) is 5.27. The van der Waals surface area contributed by atoms with Gasteiger partial charge in [-0.3, -0.25) is 0 Å². The van der Waals surface area contributed by atoms with E-state index in [1.807, 2.05) is 54.7 Å². The molecule has 0 radical (unpaired) electrons. The first-order chi connectivity index (χ1) is 15.0. The molecule has 1 atom stereocenters. The van der Waals surface area contributed by atoms with Gasteiger partial charge in [-0.05, 0) is 34.9 Å². The number of aromatic nitrogens is 1. The molecule has 4 rings (SSSR count). The Morgan fingerprint density at radius 2 is 1.68 bits per heavy atom. The molecular weight excluding hydrogens is 430 g/mol. The normalized spacial score (nSPS) is 12.5. The van der Waals surface area contributed by atoms with Gasteiger partial charge in [0, 0.05) is 34.6 Å². The molecule has 0 bridgehead atoms. The molecule has 31 heavy (non-hydrogen) atoms. The molecule has 5 nitrogen and oxygen atoms in total. The molecule has 0 aliphatic heterocycles. The highest BCUT2D eigenvalue weighted by Gasteiger charge is 2.23. The van der Waals surface area contributed by atoms with Gasteiger partial charge in [0.25, 0.3) is 0 Å². The lowest BCUT2D eigenvalue weighted by molar-refractivity contribution is 0.577. The fourth-order valence-electron chi connectivity index (χ4n) is 3.75. The topological polar surface area (TPSA) is 85.8 Å². The number of nitrogens with one attached hydrogen (secondary N) is 2. The minimum Gasteiger partial charge on any atom is -0.361 e. The highest BCUT2D eigenvalue weighted by Crippen LogP contribution is 2.34. The molecular formula is C24H20ClN3O2S. The van der Waals surface area contributed by atoms with Gasteiger partial charge in [0.15, 0.2) is 0 Å². The molecule has 2 N–H and O–H groups in total. The Hall–Kier alpha value is -3.11. The van der Waals surface area contributed by atoms with Crippen molar-refractivity contribution >= 4 is 32.5 Å². The zero-order valence-electron chi connectivity index (χ0n) is 16.5. The number of benzene rings is 3. The van der Waals surface area contributed by atoms with Crippen LogP contribution in [0.1, 0.15) is 28.2 Å². The van der Waals surface area contributed by atoms with E-state index in [-0.39, 0.29) is 18.2 Å². The van der Waals surface area contributed by atoms with Gasteiger partial charge >= 0.3 is 0 Å². The number of hydrogen-bond donors (Lipinski definition) is 2. The van der Waals surface area contributed by atoms with Crippen molar-refractivity contribution in [2.45, 2.75) is 11.7 Å². The van der Waals surface area contributed by atoms with E-state index in [2.05, 4.69) is 9.71 Å². The molecule has 4 aromatic rings. The Morgan fingerprint density at radius 3 is 2.48 bits per heavy atom. The maximum atomic E-state index is 12.9. The van der Waals surface area contributed by atoms with E-state index >= 15 is 0 Å². The monoisotopic (exact) mass is 449 g/mol. The summed E-state index contributed by atoms with van der Waals surface area (Å²) in [6.45, 7) is 0.142. The number of nitriles is 1. The fourth-order valence-corrected chi connectivity index (χ4v) is 5.20. The van der Waals surface area contributed by atoms with Crippen LogP contribution in [0.5, 0.6) is 0 Å². The smallest absolute Gasteiger partial charge is 0.215 e. The largest absolute Gasteiger partial charge is 0.361 e. The zero-order valence-corrected chi connectivity index (χ0v) is 18.1. The standard InChI is InChI=1S/C24H20ClN3O2S/c25-23-11-5-3-9-19(23)22(21-14-27-24-12-6-4-10-20(21)24)15-28-31(29,30)16-18-8-2-1-7-17(18)13-26/h1-12,14,22,27-28H,15-16H2. The van der Waals surface area contributed by atoms with E-state index in [9.17, 15) is 13.7 Å². The molecule has 0 aliphatic rings. The Kier molecular flexibility index (Phi) is 6.10. The molecule has 0 saturated heterocycles. The van der Waals surface area contributed by atoms with Crippen LogP contribution in [0.4, 0.5) is 0 Å². The number of hydrogen-bond acceptors (Lipinski definition) is 3. The summed E-state index contributed by atoms with van der Waals surface area (Å²) in [7, 11) is -3.68. The quantitative estimate of drug-likeness (QED) is 0.418. The van der Waals surface area contributed by atoms with E-state index in [4.69, 9.17) is 11.6 Å². The molecule has 7 heteroatoms. The Morgan fingerprint density at radius 1 is 0.968 bits per heavy atom. The van der Waals surface area contributed by atoms with Crippen molar-refractivity contribution < 1.29 is 8.42 Å². The van der Waals surface area contributed by atoms with E-state index in [1.165, 1.54) is 0 Å². The first-order valence-electron chi connectivity index (χ1n) is 9.74. The SMILES string of the molecule is N#Cc1ccccc1CS(=O)(=O)NCC(c1ccccc1Cl)c1c[nH]c2ccccc12. The van der Waals surface area contributed by atoms with Gasteiger partial charge in [-0.1, -0.05) is 66.2 Å². The molecule has 0 spiro atoms. The number of halogens is 1. The molecule has 0 aliphatic carbocycles. The van der Waals surface area contributed by atoms with Gasteiger partial charge < -0.3 is 4.98 Å². The highest BCUT2D eigenvalue weighted by molar-refractivity contribution is 7.88. The van der Waals surface area contributed by atoms with Gasteiger partial charge in [-0.2, -0.15) is 5.26 Å². The van der Waals surface area contributed by atoms with E-state index in [1.54, 1.807) is 30.3 Å². The predicted molar refractivity (Wildman–Crippen MR) is 123 cm³/mol. The molecule has 1 unspecified atom stereocenters. The van der Waals surface area contributed by atoms with Crippen LogP contribution in [0.25, 0.3) is 10.9 Å². The zero-order chi connectivity index (χ0) is 21.8. The van der Waals surface area contributed by atoms with Gasteiger partial charge in [-0.15, -0.1) is 0 Å². The van der Waals surface area contributed by atoms with Crippen molar-refractivity contribution in [1.29, 1.82) is 5.26 Å². The van der Waals surface area contributed by atoms with Crippen LogP contribution in [0.2, 0.25) is 5.02 Å². The molecule has 0 fully saturated rings. The minimum atomic E-state index is -3.68. The minimum absolute atomic E-state index is 0.142. The molecule has 1 heterocycles. The van der Waals surface area contributed by atoms with Crippen molar-refractivity contribution in [2.75, 3.05) is 6.54 Å². The average molecular weight is 450 g/mol. The van der Waals surface area contributed by atoms with Crippen LogP contribution in [0.15, 0.2) is 79.0 Å². The maximum Gasteiger partial charge on any atom is 0.215 e. The summed E-state index contributed by atoms with van der Waals surface area (Å²) in [5.74, 6) is -0.550. The number of aromatic amines is 1. The van der Waals surface area contributed by atoms with Gasteiger partial charge in [0.05, 0.1) is 17.4 Å². The van der Waals surface area contributed by atoms with E-state index in [0.29, 0.717) is 16.1 Å². The highest BCUT2D eigenvalue weighted by atomic mass is 35.5. The predicted octanol–water partition coefficient (Wildman–Crippen LogP) is 4.94. The lowest BCUT2D eigenvalue weighted by atomic mass is 9.91. The Bertz CT molecular complexity index is 1370. The number of para-hydroxylation sites is 1. The summed E-state index contributed by atoms with van der Waals surface area (Å²) in [6.07, 6.45) is 1.90. The summed E-state index contributed by atoms with van der Waals surface area (Å²) < 4.78 is 28.4. The van der Waals surface area contributed by atoms with E-state index in [0.717, 1.165) is 22.0 Å². The van der Waals surface area contributed by atoms with Crippen LogP contribution < -0.4 is 4.72 Å². The molecule has 0 saturated carbocycles. The second kappa shape index (κ2) is 8.94. The summed E-state index contributed by atoms with van der Waals surface area (Å²) in [6, 6.07) is 24.1. The van der Waals surface area contributed by atoms with Crippen molar-refractivity contribution in [3.8, 4) is 6.07 Å². The molecule has 0 amide bonds. The summed E-state index contributed by atoms with van der Waals surface area (Å²) in [5.41, 5.74) is 3.60. The summed E-state index contributed by atoms with van der Waals surface area (Å²) >= 11 is 6.48. The first kappa shape index (κ1) is 21.1. The molecule has 3 aromatic carbocycles. The lowest BCUT2D eigenvalue weighted by Gasteiger charge is -2.19. The number of nitrogens with zero attached hydrogens (tertiary/aromatic N) is 1. The Labute approximate surface area is 186 Å². The maximum absolute atomic E-state index is 12.9. The summed E-state index contributed by atoms with van der Waals surface area (Å²) in [5, 5.41) is 10.8. The second-order valence-electron chi connectivity index (χ2n) is 7.24. The van der Waals surface area contributed by atoms with Crippen molar-refractivity contribution in [2.24, 2.45) is 0 Å². The second-order valence-corrected chi connectivity index (χ2v) is 9.45. The van der Waals surface area contributed by atoms with Crippen molar-refractivity contribution in [3.63, 3.8) is 0 Å². The fraction of sp³-hybridized carbons (Fsp3) is 0.125. The third kappa shape index (κ3) is 4.64. The number of sulfonamides is 1. The summed E-state index contributed by atoms with van der Waals surface area (Å²) in [4.78, 5) is 3.25. The molecule has 156 valence electrons. The van der Waals surface area contributed by atoms with Gasteiger partial charge in [0.2, 0.25) is 10.0 Å². The number of H-pyrrole nitrogens is 1. The van der Waals surface area contributed by atoms with Crippen molar-refractivity contribution in [3.05, 3.63) is 106 Å². The van der Waals surface area contributed by atoms with Gasteiger partial charge in [-0.25, -0.2) is 13.1 Å². The number of rotatable bonds is 7. The van der Waals surface area contributed by atoms with Crippen LogP contribution in [-0.4, -0.2) is 19.9 Å². The van der Waals surface area contributed by atoms with Crippen LogP contribution in [0.3, 0.4) is 0 Å². The van der Waals surface area contributed by atoms with Crippen LogP contribution in [-0.2, 0) is 15.8 Å². The van der Waals surface area contributed by atoms with Crippen molar-refractivity contribution in [1.82, 2.24) is 9.71 Å². The van der Waals surface area contributed by atoms with Crippen LogP contribution >= 0.6 is 11.6 Å². The number of fused-ring (bicyclic) bond motifs is 1. The Balaban J connectivity index is 1.66. The lowest BCUT2D eigenvalue weighted by Crippen LogP contribution is -2.30. The van der Waals surface area contributed by atoms with Crippen LogP contribution in [0, 0.1) is 11.3 Å². The third-order valence-corrected chi connectivity index (χ3v) is 6.91. The molecule has 1 aromatic heterocycles. The van der Waals surface area contributed by atoms with E-state index < -0.39 is 10.0 Å². The average Bonchev–Trinajstić information content (AvgIpc) is 3.19.